The molecule has 2 rings (SSSR count). The second-order valence-corrected chi connectivity index (χ2v) is 6.05. The number of rotatable bonds is 5. The highest BCUT2D eigenvalue weighted by atomic mass is 32.2. The lowest BCUT2D eigenvalue weighted by atomic mass is 10.2. The number of hydrogen-bond acceptors (Lipinski definition) is 6. The Morgan fingerprint density at radius 2 is 1.73 bits per heavy atom. The topological polar surface area (TPSA) is 122 Å². The molecular weight excluding hydrogens is 312 g/mol. The van der Waals surface area contributed by atoms with E-state index in [1.54, 1.807) is 6.07 Å². The van der Waals surface area contributed by atoms with Crippen LogP contribution in [0.3, 0.4) is 0 Å². The summed E-state index contributed by atoms with van der Waals surface area (Å²) in [5.74, 6) is -3.72. The molecule has 1 heterocycles. The third-order valence-electron chi connectivity index (χ3n) is 2.67. The van der Waals surface area contributed by atoms with Crippen LogP contribution in [0.25, 0.3) is 0 Å². The first-order valence-electron chi connectivity index (χ1n) is 5.89. The van der Waals surface area contributed by atoms with Crippen molar-refractivity contribution in [3.8, 4) is 0 Å². The summed E-state index contributed by atoms with van der Waals surface area (Å²) in [5, 5.41) is 17.0. The van der Waals surface area contributed by atoms with Crippen LogP contribution in [0.15, 0.2) is 68.9 Å². The number of aliphatic hydroxyl groups is 1. The first-order chi connectivity index (χ1) is 10.3. The third kappa shape index (κ3) is 3.07. The van der Waals surface area contributed by atoms with Crippen LogP contribution in [-0.2, 0) is 14.6 Å². The molecule has 0 spiro atoms. The van der Waals surface area contributed by atoms with Crippen molar-refractivity contribution in [1.82, 2.24) is 0 Å². The van der Waals surface area contributed by atoms with Gasteiger partial charge in [0.1, 0.15) is 6.26 Å². The number of carbonyl (C=O) groups is 2. The summed E-state index contributed by atoms with van der Waals surface area (Å²) in [7, 11) is -3.91. The summed E-state index contributed by atoms with van der Waals surface area (Å²) < 4.78 is 29.4. The molecule has 0 unspecified atom stereocenters. The lowest BCUT2D eigenvalue weighted by molar-refractivity contribution is -0.135. The molecule has 0 amide bonds. The van der Waals surface area contributed by atoms with Crippen LogP contribution in [0.1, 0.15) is 10.4 Å². The minimum absolute atomic E-state index is 0.00715. The minimum atomic E-state index is -3.91. The number of sulfone groups is 1. The third-order valence-corrected chi connectivity index (χ3v) is 4.30. The summed E-state index contributed by atoms with van der Waals surface area (Å²) in [6.45, 7) is 0. The molecule has 1 aromatic heterocycles. The van der Waals surface area contributed by atoms with Gasteiger partial charge in [-0.25, -0.2) is 13.2 Å². The number of aliphatic carboxylic acids is 1. The number of furan rings is 1. The van der Waals surface area contributed by atoms with Crippen LogP contribution in [0.2, 0.25) is 0 Å². The van der Waals surface area contributed by atoms with Crippen molar-refractivity contribution in [3.63, 3.8) is 0 Å². The van der Waals surface area contributed by atoms with Gasteiger partial charge in [-0.1, -0.05) is 18.2 Å². The van der Waals surface area contributed by atoms with Gasteiger partial charge in [0.2, 0.25) is 20.7 Å². The van der Waals surface area contributed by atoms with Gasteiger partial charge in [-0.3, -0.25) is 4.79 Å². The highest BCUT2D eigenvalue weighted by Gasteiger charge is 2.23. The van der Waals surface area contributed by atoms with Crippen LogP contribution >= 0.6 is 0 Å². The molecule has 7 nitrogen and oxygen atoms in total. The van der Waals surface area contributed by atoms with Gasteiger partial charge in [-0.2, -0.15) is 0 Å². The van der Waals surface area contributed by atoms with Crippen molar-refractivity contribution in [2.24, 2.45) is 0 Å². The van der Waals surface area contributed by atoms with Gasteiger partial charge in [0, 0.05) is 12.1 Å². The van der Waals surface area contributed by atoms with Crippen molar-refractivity contribution in [3.05, 3.63) is 60.1 Å². The zero-order valence-corrected chi connectivity index (χ0v) is 11.8. The maximum atomic E-state index is 12.2. The highest BCUT2D eigenvalue weighted by Crippen LogP contribution is 2.23. The molecule has 2 aromatic rings. The summed E-state index contributed by atoms with van der Waals surface area (Å²) >= 11 is 0. The fourth-order valence-corrected chi connectivity index (χ4v) is 2.78. The van der Waals surface area contributed by atoms with Crippen molar-refractivity contribution >= 4 is 21.6 Å². The molecule has 0 bridgehead atoms. The molecule has 0 aliphatic rings. The number of allylic oxidation sites excluding steroid dienone is 1. The molecule has 0 saturated heterocycles. The Kier molecular flexibility index (Phi) is 4.13. The number of carboxylic acid groups (broad SMARTS) is 1. The highest BCUT2D eigenvalue weighted by molar-refractivity contribution is 7.91. The van der Waals surface area contributed by atoms with Gasteiger partial charge < -0.3 is 14.6 Å². The molecule has 0 saturated carbocycles. The van der Waals surface area contributed by atoms with E-state index in [4.69, 9.17) is 14.6 Å². The molecule has 0 aliphatic heterocycles. The van der Waals surface area contributed by atoms with E-state index in [1.807, 2.05) is 0 Å². The molecule has 0 aliphatic carbocycles. The van der Waals surface area contributed by atoms with Crippen LogP contribution in [0.5, 0.6) is 0 Å². The predicted octanol–water partition coefficient (Wildman–Crippen LogP) is 1.82. The number of aliphatic hydroxyl groups excluding tert-OH is 1. The molecule has 8 heteroatoms. The summed E-state index contributed by atoms with van der Waals surface area (Å²) in [5.41, 5.74) is -0.192. The van der Waals surface area contributed by atoms with Crippen molar-refractivity contribution in [2.75, 3.05) is 0 Å². The Morgan fingerprint density at radius 3 is 2.32 bits per heavy atom. The van der Waals surface area contributed by atoms with E-state index in [2.05, 4.69) is 0 Å². The summed E-state index contributed by atoms with van der Waals surface area (Å²) in [6.07, 6.45) is 1.34. The summed E-state index contributed by atoms with van der Waals surface area (Å²) in [6, 6.07) is 8.43. The first kappa shape index (κ1) is 15.5. The largest absolute Gasteiger partial charge is 0.502 e. The Hall–Kier alpha value is -2.87. The van der Waals surface area contributed by atoms with Crippen molar-refractivity contribution in [1.29, 1.82) is 0 Å². The molecular formula is C14H10O7S. The molecule has 0 radical (unpaired) electrons. The Bertz CT molecular complexity index is 844. The number of ketones is 1. The average Bonchev–Trinajstić information content (AvgIpc) is 2.98. The van der Waals surface area contributed by atoms with Gasteiger partial charge in [-0.05, 0) is 12.1 Å². The van der Waals surface area contributed by atoms with Crippen molar-refractivity contribution < 1.29 is 32.6 Å². The van der Waals surface area contributed by atoms with E-state index in [-0.39, 0.29) is 10.5 Å². The molecule has 0 fully saturated rings. The van der Waals surface area contributed by atoms with Gasteiger partial charge in [-0.15, -0.1) is 0 Å². The Balaban J connectivity index is 2.35. The van der Waals surface area contributed by atoms with Gasteiger partial charge in [0.25, 0.3) is 0 Å². The molecule has 22 heavy (non-hydrogen) atoms. The molecule has 114 valence electrons. The second kappa shape index (κ2) is 5.86. The summed E-state index contributed by atoms with van der Waals surface area (Å²) in [4.78, 5) is 22.1. The number of hydrogen-bond donors (Lipinski definition) is 2. The molecule has 0 atom stereocenters. The maximum absolute atomic E-state index is 12.2. The lowest BCUT2D eigenvalue weighted by Gasteiger charge is -1.99. The van der Waals surface area contributed by atoms with E-state index in [0.717, 1.165) is 12.3 Å². The van der Waals surface area contributed by atoms with E-state index in [1.165, 1.54) is 24.3 Å². The van der Waals surface area contributed by atoms with Gasteiger partial charge >= 0.3 is 5.97 Å². The second-order valence-electron chi connectivity index (χ2n) is 4.17. The number of benzene rings is 1. The minimum Gasteiger partial charge on any atom is -0.502 e. The van der Waals surface area contributed by atoms with Crippen LogP contribution in [-0.4, -0.2) is 30.4 Å². The molecule has 1 aromatic carbocycles. The SMILES string of the molecule is O=C(O)C(O)=CC(=O)c1coc(S(=O)(=O)c2ccccc2)c1. The standard InChI is InChI=1S/C14H10O7S/c15-11(7-12(16)14(17)18)9-6-13(21-8-9)22(19,20)10-4-2-1-3-5-10/h1-8,16H,(H,17,18). The Morgan fingerprint density at radius 1 is 1.09 bits per heavy atom. The fraction of sp³-hybridized carbons (Fsp3) is 0. The van der Waals surface area contributed by atoms with Gasteiger partial charge in [0.05, 0.1) is 10.5 Å². The van der Waals surface area contributed by atoms with E-state index in [9.17, 15) is 18.0 Å². The molecule has 2 N–H and O–H groups in total. The normalized spacial score (nSPS) is 12.1. The Labute approximate surface area is 125 Å². The zero-order valence-electron chi connectivity index (χ0n) is 11.0. The van der Waals surface area contributed by atoms with E-state index < -0.39 is 32.4 Å². The van der Waals surface area contributed by atoms with E-state index in [0.29, 0.717) is 6.08 Å². The van der Waals surface area contributed by atoms with Gasteiger partial charge in [0.15, 0.2) is 5.78 Å². The van der Waals surface area contributed by atoms with Crippen LogP contribution in [0, 0.1) is 0 Å². The van der Waals surface area contributed by atoms with Crippen molar-refractivity contribution in [2.45, 2.75) is 9.99 Å². The predicted molar refractivity (Wildman–Crippen MR) is 73.3 cm³/mol. The smallest absolute Gasteiger partial charge is 0.371 e. The quantitative estimate of drug-likeness (QED) is 0.489. The van der Waals surface area contributed by atoms with Crippen LogP contribution < -0.4 is 0 Å². The lowest BCUT2D eigenvalue weighted by Crippen LogP contribution is -2.03. The fourth-order valence-electron chi connectivity index (χ4n) is 1.57. The average molecular weight is 322 g/mol. The van der Waals surface area contributed by atoms with E-state index >= 15 is 0 Å². The maximum Gasteiger partial charge on any atom is 0.371 e. The van der Waals surface area contributed by atoms with Crippen LogP contribution in [0.4, 0.5) is 0 Å². The zero-order chi connectivity index (χ0) is 16.3. The monoisotopic (exact) mass is 322 g/mol. The number of carbonyl (C=O) groups excluding carboxylic acids is 1. The number of carboxylic acids is 1. The first-order valence-corrected chi connectivity index (χ1v) is 7.37.